The number of hydrogen-bond donors (Lipinski definition) is 0. The average molecular weight is 305 g/mol. The highest BCUT2D eigenvalue weighted by Crippen LogP contribution is 2.13. The van der Waals surface area contributed by atoms with E-state index in [0.717, 1.165) is 4.68 Å². The molecule has 0 saturated heterocycles. The summed E-state index contributed by atoms with van der Waals surface area (Å²) in [7, 11) is 3.09. The standard InChI is InChI=1S/C14H15N3O5/c1-16(2)11(18)9-21-12(19)8-17-14(20)22-13(15-17)10-6-4-3-5-7-10/h3-7H,8-9H2,1-2H3. The van der Waals surface area contributed by atoms with Gasteiger partial charge in [-0.25, -0.2) is 4.79 Å². The van der Waals surface area contributed by atoms with E-state index in [-0.39, 0.29) is 18.4 Å². The molecule has 1 amide bonds. The van der Waals surface area contributed by atoms with Gasteiger partial charge in [0, 0.05) is 19.7 Å². The fraction of sp³-hybridized carbons (Fsp3) is 0.286. The quantitative estimate of drug-likeness (QED) is 0.729. The van der Waals surface area contributed by atoms with Crippen LogP contribution in [0.4, 0.5) is 0 Å². The molecular formula is C14H15N3O5. The molecular weight excluding hydrogens is 290 g/mol. The number of nitrogens with zero attached hydrogens (tertiary/aromatic N) is 3. The monoisotopic (exact) mass is 305 g/mol. The lowest BCUT2D eigenvalue weighted by Gasteiger charge is -2.09. The molecule has 0 atom stereocenters. The van der Waals surface area contributed by atoms with E-state index in [1.54, 1.807) is 38.4 Å². The number of rotatable bonds is 5. The van der Waals surface area contributed by atoms with E-state index < -0.39 is 18.3 Å². The molecule has 0 aliphatic carbocycles. The lowest BCUT2D eigenvalue weighted by Crippen LogP contribution is -2.29. The number of likely N-dealkylation sites (N-methyl/N-ethyl adjacent to an activating group) is 1. The maximum absolute atomic E-state index is 11.6. The summed E-state index contributed by atoms with van der Waals surface area (Å²) < 4.78 is 10.6. The Morgan fingerprint density at radius 2 is 1.95 bits per heavy atom. The van der Waals surface area contributed by atoms with E-state index in [1.807, 2.05) is 6.07 Å². The van der Waals surface area contributed by atoms with Gasteiger partial charge in [0.15, 0.2) is 6.61 Å². The number of amides is 1. The molecule has 8 nitrogen and oxygen atoms in total. The fourth-order valence-corrected chi connectivity index (χ4v) is 1.54. The van der Waals surface area contributed by atoms with E-state index in [2.05, 4.69) is 5.10 Å². The lowest BCUT2D eigenvalue weighted by molar-refractivity contribution is -0.151. The zero-order valence-corrected chi connectivity index (χ0v) is 12.2. The van der Waals surface area contributed by atoms with Crippen LogP contribution in [-0.4, -0.2) is 47.3 Å². The molecule has 1 aromatic heterocycles. The van der Waals surface area contributed by atoms with Gasteiger partial charge in [0.05, 0.1) is 0 Å². The van der Waals surface area contributed by atoms with Crippen LogP contribution < -0.4 is 5.76 Å². The van der Waals surface area contributed by atoms with Crippen LogP contribution in [0.2, 0.25) is 0 Å². The zero-order valence-electron chi connectivity index (χ0n) is 12.2. The Labute approximate surface area is 125 Å². The number of carbonyl (C=O) groups excluding carboxylic acids is 2. The van der Waals surface area contributed by atoms with Crippen molar-refractivity contribution in [1.29, 1.82) is 0 Å². The van der Waals surface area contributed by atoms with Crippen LogP contribution in [0.15, 0.2) is 39.5 Å². The SMILES string of the molecule is CN(C)C(=O)COC(=O)Cn1nc(-c2ccccc2)oc1=O. The summed E-state index contributed by atoms with van der Waals surface area (Å²) in [4.78, 5) is 35.8. The van der Waals surface area contributed by atoms with E-state index in [4.69, 9.17) is 9.15 Å². The van der Waals surface area contributed by atoms with Gasteiger partial charge in [-0.05, 0) is 12.1 Å². The summed E-state index contributed by atoms with van der Waals surface area (Å²) >= 11 is 0. The number of hydrogen-bond acceptors (Lipinski definition) is 6. The van der Waals surface area contributed by atoms with Gasteiger partial charge in [-0.3, -0.25) is 9.59 Å². The molecule has 8 heteroatoms. The van der Waals surface area contributed by atoms with Gasteiger partial charge in [-0.15, -0.1) is 5.10 Å². The summed E-state index contributed by atoms with van der Waals surface area (Å²) in [5.41, 5.74) is 0.620. The van der Waals surface area contributed by atoms with Crippen molar-refractivity contribution in [2.75, 3.05) is 20.7 Å². The highest BCUT2D eigenvalue weighted by atomic mass is 16.5. The minimum absolute atomic E-state index is 0.114. The van der Waals surface area contributed by atoms with Gasteiger partial charge in [0.2, 0.25) is 5.89 Å². The predicted octanol–water partition coefficient (Wildman–Crippen LogP) is 0.135. The smallest absolute Gasteiger partial charge is 0.437 e. The molecule has 0 fully saturated rings. The molecule has 0 spiro atoms. The Balaban J connectivity index is 2.02. The zero-order chi connectivity index (χ0) is 16.1. The minimum atomic E-state index is -0.769. The van der Waals surface area contributed by atoms with Gasteiger partial charge < -0.3 is 14.1 Å². The van der Waals surface area contributed by atoms with E-state index in [0.29, 0.717) is 5.56 Å². The van der Waals surface area contributed by atoms with Crippen molar-refractivity contribution in [3.05, 3.63) is 40.9 Å². The third-order valence-corrected chi connectivity index (χ3v) is 2.76. The third kappa shape index (κ3) is 3.81. The Hall–Kier alpha value is -2.90. The maximum Gasteiger partial charge on any atom is 0.437 e. The Morgan fingerprint density at radius 3 is 2.59 bits per heavy atom. The van der Waals surface area contributed by atoms with Gasteiger partial charge in [-0.2, -0.15) is 4.68 Å². The first-order valence-electron chi connectivity index (χ1n) is 6.46. The number of benzene rings is 1. The average Bonchev–Trinajstić information content (AvgIpc) is 2.86. The molecule has 0 bridgehead atoms. The van der Waals surface area contributed by atoms with Crippen LogP contribution in [0.3, 0.4) is 0 Å². The van der Waals surface area contributed by atoms with Crippen LogP contribution in [0, 0.1) is 0 Å². The third-order valence-electron chi connectivity index (χ3n) is 2.76. The van der Waals surface area contributed by atoms with Crippen LogP contribution in [0.5, 0.6) is 0 Å². The molecule has 0 N–H and O–H groups in total. The maximum atomic E-state index is 11.6. The van der Waals surface area contributed by atoms with Gasteiger partial charge in [-0.1, -0.05) is 18.2 Å². The van der Waals surface area contributed by atoms with Crippen LogP contribution in [-0.2, 0) is 20.9 Å². The Bertz CT molecular complexity index is 718. The van der Waals surface area contributed by atoms with E-state index >= 15 is 0 Å². The molecule has 2 aromatic rings. The molecule has 1 heterocycles. The van der Waals surface area contributed by atoms with Crippen LogP contribution in [0.1, 0.15) is 0 Å². The fourth-order valence-electron chi connectivity index (χ4n) is 1.54. The van der Waals surface area contributed by atoms with E-state index in [9.17, 15) is 14.4 Å². The number of esters is 1. The highest BCUT2D eigenvalue weighted by Gasteiger charge is 2.15. The molecule has 0 aliphatic heterocycles. The second-order valence-electron chi connectivity index (χ2n) is 4.65. The molecule has 0 saturated carbocycles. The summed E-state index contributed by atoms with van der Waals surface area (Å²) in [6, 6.07) is 8.82. The first-order valence-corrected chi connectivity index (χ1v) is 6.46. The first kappa shape index (κ1) is 15.5. The van der Waals surface area contributed by atoms with Crippen molar-refractivity contribution in [2.45, 2.75) is 6.54 Å². The summed E-state index contributed by atoms with van der Waals surface area (Å²) in [5.74, 6) is -1.76. The highest BCUT2D eigenvalue weighted by molar-refractivity contribution is 5.80. The van der Waals surface area contributed by atoms with Crippen LogP contribution >= 0.6 is 0 Å². The van der Waals surface area contributed by atoms with Crippen LogP contribution in [0.25, 0.3) is 11.5 Å². The molecule has 116 valence electrons. The molecule has 1 aromatic carbocycles. The second kappa shape index (κ2) is 6.70. The number of aromatic nitrogens is 2. The van der Waals surface area contributed by atoms with Gasteiger partial charge in [0.1, 0.15) is 6.54 Å². The van der Waals surface area contributed by atoms with Crippen molar-refractivity contribution in [2.24, 2.45) is 0 Å². The Morgan fingerprint density at radius 1 is 1.27 bits per heavy atom. The topological polar surface area (TPSA) is 94.6 Å². The first-order chi connectivity index (χ1) is 10.5. The largest absolute Gasteiger partial charge is 0.454 e. The molecule has 2 rings (SSSR count). The molecule has 0 unspecified atom stereocenters. The van der Waals surface area contributed by atoms with E-state index in [1.165, 1.54) is 4.90 Å². The second-order valence-corrected chi connectivity index (χ2v) is 4.65. The molecule has 22 heavy (non-hydrogen) atoms. The lowest BCUT2D eigenvalue weighted by atomic mass is 10.2. The Kier molecular flexibility index (Phi) is 4.72. The normalized spacial score (nSPS) is 10.3. The van der Waals surface area contributed by atoms with Crippen molar-refractivity contribution in [1.82, 2.24) is 14.7 Å². The van der Waals surface area contributed by atoms with Crippen molar-refractivity contribution < 1.29 is 18.7 Å². The van der Waals surface area contributed by atoms with Gasteiger partial charge in [0.25, 0.3) is 5.91 Å². The van der Waals surface area contributed by atoms with Crippen molar-refractivity contribution >= 4 is 11.9 Å². The summed E-state index contributed by atoms with van der Waals surface area (Å²) in [6.45, 7) is -0.806. The summed E-state index contributed by atoms with van der Waals surface area (Å²) in [5, 5.41) is 3.92. The van der Waals surface area contributed by atoms with Crippen molar-refractivity contribution in [3.8, 4) is 11.5 Å². The molecule has 0 radical (unpaired) electrons. The minimum Gasteiger partial charge on any atom is -0.454 e. The van der Waals surface area contributed by atoms with Crippen molar-refractivity contribution in [3.63, 3.8) is 0 Å². The summed E-state index contributed by atoms with van der Waals surface area (Å²) in [6.07, 6.45) is 0. The number of carbonyl (C=O) groups is 2. The molecule has 0 aliphatic rings. The van der Waals surface area contributed by atoms with Gasteiger partial charge >= 0.3 is 11.7 Å². The predicted molar refractivity (Wildman–Crippen MR) is 75.9 cm³/mol. The number of ether oxygens (including phenoxy) is 1.